The molecular formula is C26H25ClN2O4S. The highest BCUT2D eigenvalue weighted by Crippen LogP contribution is 2.43. The highest BCUT2D eigenvalue weighted by Gasteiger charge is 2.40. The molecule has 0 saturated carbocycles. The first-order valence-electron chi connectivity index (χ1n) is 11.0. The van der Waals surface area contributed by atoms with E-state index in [1.165, 1.54) is 4.31 Å². The minimum absolute atomic E-state index is 0.168. The van der Waals surface area contributed by atoms with Crippen molar-refractivity contribution in [3.63, 3.8) is 0 Å². The molecule has 4 rings (SSSR count). The van der Waals surface area contributed by atoms with Gasteiger partial charge in [-0.05, 0) is 36.2 Å². The maximum atomic E-state index is 13.6. The second kappa shape index (κ2) is 10.4. The Hall–Kier alpha value is -3.13. The summed E-state index contributed by atoms with van der Waals surface area (Å²) >= 11 is 6.28. The Kier molecular flexibility index (Phi) is 7.36. The Labute approximate surface area is 204 Å². The van der Waals surface area contributed by atoms with Crippen LogP contribution in [0.2, 0.25) is 5.02 Å². The van der Waals surface area contributed by atoms with E-state index in [9.17, 15) is 13.2 Å². The van der Waals surface area contributed by atoms with Crippen LogP contribution < -0.4 is 9.62 Å². The minimum atomic E-state index is -4.11. The number of carbonyl (C=O) groups excluding carboxylic acids is 1. The number of ether oxygens (including phenoxy) is 1. The summed E-state index contributed by atoms with van der Waals surface area (Å²) in [4.78, 5) is 13.0. The van der Waals surface area contributed by atoms with Crippen LogP contribution in [0.15, 0.2) is 83.8 Å². The second-order valence-corrected chi connectivity index (χ2v) is 9.93. The number of fused-ring (bicyclic) bond motifs is 1. The van der Waals surface area contributed by atoms with Gasteiger partial charge in [0, 0.05) is 29.2 Å². The summed E-state index contributed by atoms with van der Waals surface area (Å²) < 4.78 is 34.1. The summed E-state index contributed by atoms with van der Waals surface area (Å²) in [5.41, 5.74) is 3.07. The fraction of sp³-hybridized carbons (Fsp3) is 0.192. The van der Waals surface area contributed by atoms with Gasteiger partial charge in [-0.1, -0.05) is 72.3 Å². The third kappa shape index (κ3) is 4.87. The molecule has 176 valence electrons. The van der Waals surface area contributed by atoms with Gasteiger partial charge in [0.05, 0.1) is 18.9 Å². The summed E-state index contributed by atoms with van der Waals surface area (Å²) in [5.74, 6) is -0.675. The van der Waals surface area contributed by atoms with E-state index in [4.69, 9.17) is 16.3 Å². The number of amides is 1. The Balaban J connectivity index is 1.66. The lowest BCUT2D eigenvalue weighted by molar-refractivity contribution is -0.117. The Morgan fingerprint density at radius 1 is 1.00 bits per heavy atom. The van der Waals surface area contributed by atoms with Gasteiger partial charge in [-0.15, -0.1) is 0 Å². The van der Waals surface area contributed by atoms with E-state index in [0.717, 1.165) is 5.56 Å². The van der Waals surface area contributed by atoms with Crippen molar-refractivity contribution in [1.82, 2.24) is 5.32 Å². The third-order valence-electron chi connectivity index (χ3n) is 5.47. The molecule has 0 aliphatic carbocycles. The van der Waals surface area contributed by atoms with E-state index in [1.54, 1.807) is 49.4 Å². The van der Waals surface area contributed by atoms with Crippen molar-refractivity contribution in [2.45, 2.75) is 13.5 Å². The quantitative estimate of drug-likeness (QED) is 0.462. The average Bonchev–Trinajstić information content (AvgIpc) is 2.84. The summed E-state index contributed by atoms with van der Waals surface area (Å²) in [6.07, 6.45) is 0. The molecule has 1 aliphatic heterocycles. The summed E-state index contributed by atoms with van der Waals surface area (Å²) in [5, 5.41) is 3.18. The zero-order valence-electron chi connectivity index (χ0n) is 18.7. The van der Waals surface area contributed by atoms with Gasteiger partial charge in [0.25, 0.3) is 15.9 Å². The van der Waals surface area contributed by atoms with Crippen LogP contribution in [0, 0.1) is 0 Å². The maximum absolute atomic E-state index is 13.6. The number of rotatable bonds is 8. The van der Waals surface area contributed by atoms with Crippen molar-refractivity contribution in [2.75, 3.05) is 24.0 Å². The van der Waals surface area contributed by atoms with Gasteiger partial charge in [0.1, 0.15) is 0 Å². The fourth-order valence-electron chi connectivity index (χ4n) is 3.96. The molecule has 3 aromatic rings. The highest BCUT2D eigenvalue weighted by molar-refractivity contribution is 7.97. The molecule has 0 fully saturated rings. The molecule has 0 saturated heterocycles. The zero-order valence-corrected chi connectivity index (χ0v) is 20.3. The largest absolute Gasteiger partial charge is 0.375 e. The zero-order chi connectivity index (χ0) is 24.1. The predicted octanol–water partition coefficient (Wildman–Crippen LogP) is 4.60. The lowest BCUT2D eigenvalue weighted by Crippen LogP contribution is -2.42. The topological polar surface area (TPSA) is 75.7 Å². The number of nitrogens with one attached hydrogen (secondary N) is 1. The number of sulfonamides is 1. The maximum Gasteiger partial charge on any atom is 0.270 e. The summed E-state index contributed by atoms with van der Waals surface area (Å²) in [6.45, 7) is 2.73. The van der Waals surface area contributed by atoms with Crippen LogP contribution in [-0.4, -0.2) is 34.0 Å². The van der Waals surface area contributed by atoms with Gasteiger partial charge >= 0.3 is 0 Å². The number of halogens is 1. The molecule has 1 N–H and O–H groups in total. The average molecular weight is 497 g/mol. The van der Waals surface area contributed by atoms with E-state index >= 15 is 0 Å². The lowest BCUT2D eigenvalue weighted by Gasteiger charge is -2.33. The SMILES string of the molecule is CCN1c2ccc(Cl)cc2C(c2ccccc2)=C(C(=O)NCCOCc2ccccc2)S1(=O)=O. The normalized spacial score (nSPS) is 14.6. The Morgan fingerprint density at radius 3 is 2.35 bits per heavy atom. The van der Waals surface area contributed by atoms with Crippen molar-refractivity contribution < 1.29 is 17.9 Å². The molecule has 1 aliphatic rings. The van der Waals surface area contributed by atoms with Crippen LogP contribution in [0.25, 0.3) is 5.57 Å². The molecule has 34 heavy (non-hydrogen) atoms. The van der Waals surface area contributed by atoms with Gasteiger partial charge in [-0.2, -0.15) is 0 Å². The van der Waals surface area contributed by atoms with Crippen LogP contribution >= 0.6 is 11.6 Å². The number of nitrogens with zero attached hydrogens (tertiary/aromatic N) is 1. The fourth-order valence-corrected chi connectivity index (χ4v) is 5.90. The molecule has 0 radical (unpaired) electrons. The highest BCUT2D eigenvalue weighted by atomic mass is 35.5. The molecule has 1 amide bonds. The van der Waals surface area contributed by atoms with Crippen molar-refractivity contribution in [1.29, 1.82) is 0 Å². The Bertz CT molecular complexity index is 1310. The molecule has 6 nitrogen and oxygen atoms in total. The Morgan fingerprint density at radius 2 is 1.68 bits per heavy atom. The van der Waals surface area contributed by atoms with Crippen molar-refractivity contribution in [3.05, 3.63) is 105 Å². The first kappa shape index (κ1) is 24.0. The molecule has 0 spiro atoms. The number of anilines is 1. The number of carbonyl (C=O) groups is 1. The molecule has 3 aromatic carbocycles. The van der Waals surface area contributed by atoms with Gasteiger partial charge in [-0.3, -0.25) is 9.10 Å². The molecular weight excluding hydrogens is 472 g/mol. The van der Waals surface area contributed by atoms with Crippen molar-refractivity contribution in [3.8, 4) is 0 Å². The molecule has 0 atom stereocenters. The first-order chi connectivity index (χ1) is 16.4. The van der Waals surface area contributed by atoms with E-state index in [2.05, 4.69) is 5.32 Å². The smallest absolute Gasteiger partial charge is 0.270 e. The van der Waals surface area contributed by atoms with E-state index < -0.39 is 15.9 Å². The summed E-state index contributed by atoms with van der Waals surface area (Å²) in [7, 11) is -4.11. The number of benzene rings is 3. The van der Waals surface area contributed by atoms with Crippen LogP contribution in [0.4, 0.5) is 5.69 Å². The standard InChI is InChI=1S/C26H25ClN2O4S/c1-2-29-23-14-13-21(27)17-22(23)24(20-11-7-4-8-12-20)25(34(29,31)32)26(30)28-15-16-33-18-19-9-5-3-6-10-19/h3-14,17H,2,15-16,18H2,1H3,(H,28,30). The van der Waals surface area contributed by atoms with Gasteiger partial charge < -0.3 is 10.1 Å². The molecule has 0 unspecified atom stereocenters. The molecule has 0 aromatic heterocycles. The van der Waals surface area contributed by atoms with Crippen molar-refractivity contribution in [2.24, 2.45) is 0 Å². The molecule has 8 heteroatoms. The molecule has 0 bridgehead atoms. The van der Waals surface area contributed by atoms with E-state index in [0.29, 0.717) is 34.0 Å². The monoisotopic (exact) mass is 496 g/mol. The molecule has 1 heterocycles. The minimum Gasteiger partial charge on any atom is -0.375 e. The van der Waals surface area contributed by atoms with Crippen molar-refractivity contribution >= 4 is 38.8 Å². The first-order valence-corrected chi connectivity index (χ1v) is 12.8. The lowest BCUT2D eigenvalue weighted by atomic mass is 9.95. The number of hydrogen-bond donors (Lipinski definition) is 1. The third-order valence-corrected chi connectivity index (χ3v) is 7.65. The van der Waals surface area contributed by atoms with Crippen LogP contribution in [0.5, 0.6) is 0 Å². The predicted molar refractivity (Wildman–Crippen MR) is 135 cm³/mol. The van der Waals surface area contributed by atoms with E-state index in [-0.39, 0.29) is 24.6 Å². The van der Waals surface area contributed by atoms with Crippen LogP contribution in [0.1, 0.15) is 23.6 Å². The van der Waals surface area contributed by atoms with E-state index in [1.807, 2.05) is 36.4 Å². The summed E-state index contributed by atoms with van der Waals surface area (Å²) in [6, 6.07) is 23.7. The van der Waals surface area contributed by atoms with Gasteiger partial charge in [-0.25, -0.2) is 8.42 Å². The number of hydrogen-bond acceptors (Lipinski definition) is 4. The second-order valence-electron chi connectivity index (χ2n) is 7.70. The van der Waals surface area contributed by atoms with Crippen LogP contribution in [-0.2, 0) is 26.2 Å². The van der Waals surface area contributed by atoms with Crippen LogP contribution in [0.3, 0.4) is 0 Å². The van der Waals surface area contributed by atoms with Gasteiger partial charge in [0.2, 0.25) is 0 Å². The van der Waals surface area contributed by atoms with Gasteiger partial charge in [0.15, 0.2) is 4.91 Å².